The fourth-order valence-corrected chi connectivity index (χ4v) is 7.28. The summed E-state index contributed by atoms with van der Waals surface area (Å²) in [5.74, 6) is -0.131. The molecule has 0 bridgehead atoms. The van der Waals surface area contributed by atoms with Crippen LogP contribution in [0.1, 0.15) is 46.8 Å². The molecule has 0 spiro atoms. The predicted molar refractivity (Wildman–Crippen MR) is 139 cm³/mol. The molecule has 3 aromatic carbocycles. The van der Waals surface area contributed by atoms with Crippen molar-refractivity contribution in [3.05, 3.63) is 104 Å². The number of thioether (sulfide) groups is 1. The topological polar surface area (TPSA) is 115 Å². The van der Waals surface area contributed by atoms with Crippen molar-refractivity contribution in [1.29, 1.82) is 0 Å². The zero-order chi connectivity index (χ0) is 25.6. The molecule has 0 amide bonds. The van der Waals surface area contributed by atoms with Crippen LogP contribution in [0.25, 0.3) is 0 Å². The molecule has 36 heavy (non-hydrogen) atoms. The predicted octanol–water partition coefficient (Wildman–Crippen LogP) is 6.74. The van der Waals surface area contributed by atoms with E-state index < -0.39 is 4.92 Å². The van der Waals surface area contributed by atoms with Crippen molar-refractivity contribution in [2.45, 2.75) is 40.8 Å². The number of nitrogens with zero attached hydrogens (tertiary/aromatic N) is 2. The van der Waals surface area contributed by atoms with Crippen molar-refractivity contribution in [1.82, 2.24) is 0 Å². The highest BCUT2D eigenvalue weighted by Gasteiger charge is 2.50. The van der Waals surface area contributed by atoms with Gasteiger partial charge in [0.2, 0.25) is 0 Å². The number of non-ortho nitro benzene ring substituents is 1. The second-order valence-electron chi connectivity index (χ2n) is 9.08. The largest absolute Gasteiger partial charge is 0.378 e. The van der Waals surface area contributed by atoms with Gasteiger partial charge in [0.1, 0.15) is 0 Å². The summed E-state index contributed by atoms with van der Waals surface area (Å²) in [6.45, 7) is 1.52. The number of hydrogen-bond acceptors (Lipinski definition) is 7. The molecule has 0 unspecified atom stereocenters. The van der Waals surface area contributed by atoms with Gasteiger partial charge in [-0.15, -0.1) is 23.4 Å². The van der Waals surface area contributed by atoms with Gasteiger partial charge in [-0.25, -0.2) is 0 Å². The van der Waals surface area contributed by atoms with Crippen LogP contribution >= 0.6 is 23.4 Å². The van der Waals surface area contributed by atoms with E-state index in [9.17, 15) is 25.0 Å². The Morgan fingerprint density at radius 3 is 2.42 bits per heavy atom. The van der Waals surface area contributed by atoms with Crippen molar-refractivity contribution in [2.24, 2.45) is 5.92 Å². The minimum absolute atomic E-state index is 0.0175. The molecule has 5 atom stereocenters. The Labute approximate surface area is 216 Å². The van der Waals surface area contributed by atoms with E-state index >= 15 is 0 Å². The average Bonchev–Trinajstić information content (AvgIpc) is 3.19. The highest BCUT2D eigenvalue weighted by molar-refractivity contribution is 8.00. The molecule has 0 radical (unpaired) electrons. The van der Waals surface area contributed by atoms with Gasteiger partial charge in [-0.1, -0.05) is 24.3 Å². The van der Waals surface area contributed by atoms with Gasteiger partial charge in [0.05, 0.1) is 26.2 Å². The molecule has 2 aliphatic rings. The minimum Gasteiger partial charge on any atom is -0.378 e. The van der Waals surface area contributed by atoms with Gasteiger partial charge in [-0.05, 0) is 54.7 Å². The molecule has 3 aromatic rings. The number of halogens is 1. The lowest BCUT2D eigenvalue weighted by atomic mass is 9.76. The van der Waals surface area contributed by atoms with Crippen LogP contribution in [0.3, 0.4) is 0 Å². The molecule has 0 aromatic heterocycles. The van der Waals surface area contributed by atoms with Crippen LogP contribution in [0.4, 0.5) is 17.1 Å². The maximum Gasteiger partial charge on any atom is 0.282 e. The van der Waals surface area contributed by atoms with Crippen LogP contribution in [0.5, 0.6) is 0 Å². The molecule has 1 N–H and O–H groups in total. The Hall–Kier alpha value is -3.43. The first-order valence-corrected chi connectivity index (χ1v) is 12.8. The fourth-order valence-electron chi connectivity index (χ4n) is 5.34. The van der Waals surface area contributed by atoms with Gasteiger partial charge >= 0.3 is 0 Å². The minimum atomic E-state index is -0.427. The summed E-state index contributed by atoms with van der Waals surface area (Å²) in [5.41, 5.74) is 3.39. The molecular formula is C26H22ClN3O5S. The number of nitrogens with one attached hydrogen (secondary N) is 1. The Morgan fingerprint density at radius 1 is 1.03 bits per heavy atom. The second kappa shape index (κ2) is 9.55. The van der Waals surface area contributed by atoms with E-state index in [-0.39, 0.29) is 50.6 Å². The standard InChI is InChI=1S/C26H22ClN3O5S/c1-14(31)16-8-11-20-18(12-16)24-19(26(28-20)15-6-9-17(10-7-15)29(32)33)13-23(25(24)27)36-22-5-3-2-4-21(22)30(34)35/h2-12,19,23-26,28H,13H2,1H3/t19-,23+,24+,25+,26+/m1/s1. The van der Waals surface area contributed by atoms with Crippen LogP contribution in [0.2, 0.25) is 0 Å². The van der Waals surface area contributed by atoms with E-state index in [0.29, 0.717) is 16.9 Å². The van der Waals surface area contributed by atoms with Crippen LogP contribution in [-0.2, 0) is 0 Å². The number of benzene rings is 3. The molecule has 8 nitrogen and oxygen atoms in total. The molecule has 184 valence electrons. The highest BCUT2D eigenvalue weighted by atomic mass is 35.5. The fraction of sp³-hybridized carbons (Fsp3) is 0.269. The van der Waals surface area contributed by atoms with Gasteiger partial charge < -0.3 is 5.32 Å². The molecule has 1 aliphatic heterocycles. The summed E-state index contributed by atoms with van der Waals surface area (Å²) in [6, 6.07) is 18.5. The SMILES string of the molecule is CC(=O)c1ccc2c(c1)[C@@H]1[C@@H](Cl)[C@@H](Sc3ccccc3[N+](=O)[O-])C[C@H]1[C@H](c1ccc([N+](=O)[O-])cc1)N2. The highest BCUT2D eigenvalue weighted by Crippen LogP contribution is 2.58. The molecule has 10 heteroatoms. The number of hydrogen-bond donors (Lipinski definition) is 1. The number of anilines is 1. The summed E-state index contributed by atoms with van der Waals surface area (Å²) in [5, 5.41) is 25.8. The lowest BCUT2D eigenvalue weighted by Crippen LogP contribution is -2.31. The van der Waals surface area contributed by atoms with E-state index in [0.717, 1.165) is 16.8 Å². The first kappa shape index (κ1) is 24.3. The number of alkyl halides is 1. The Bertz CT molecular complexity index is 1370. The second-order valence-corrected chi connectivity index (χ2v) is 10.9. The van der Waals surface area contributed by atoms with Crippen molar-refractivity contribution >= 4 is 46.2 Å². The third kappa shape index (κ3) is 4.33. The number of nitro benzene ring substituents is 2. The summed E-state index contributed by atoms with van der Waals surface area (Å²) in [7, 11) is 0. The number of carbonyl (C=O) groups excluding carboxylic acids is 1. The summed E-state index contributed by atoms with van der Waals surface area (Å²) in [6.07, 6.45) is 0.675. The van der Waals surface area contributed by atoms with Crippen LogP contribution in [-0.4, -0.2) is 26.3 Å². The smallest absolute Gasteiger partial charge is 0.282 e. The first-order valence-electron chi connectivity index (χ1n) is 11.4. The number of carbonyl (C=O) groups is 1. The Morgan fingerprint density at radius 2 is 1.75 bits per heavy atom. The molecule has 5 rings (SSSR count). The van der Waals surface area contributed by atoms with Gasteiger partial charge in [-0.3, -0.25) is 25.0 Å². The molecule has 1 saturated carbocycles. The summed E-state index contributed by atoms with van der Waals surface area (Å²) < 4.78 is 0. The van der Waals surface area contributed by atoms with Crippen LogP contribution < -0.4 is 5.32 Å². The van der Waals surface area contributed by atoms with E-state index in [1.165, 1.54) is 36.9 Å². The number of rotatable bonds is 6. The van der Waals surface area contributed by atoms with E-state index in [4.69, 9.17) is 11.6 Å². The van der Waals surface area contributed by atoms with E-state index in [1.807, 2.05) is 12.1 Å². The number of para-hydroxylation sites is 1. The van der Waals surface area contributed by atoms with Crippen molar-refractivity contribution < 1.29 is 14.6 Å². The normalized spacial score (nSPS) is 24.3. The molecule has 1 heterocycles. The zero-order valence-corrected chi connectivity index (χ0v) is 20.7. The monoisotopic (exact) mass is 523 g/mol. The van der Waals surface area contributed by atoms with E-state index in [2.05, 4.69) is 5.32 Å². The van der Waals surface area contributed by atoms with Crippen molar-refractivity contribution in [3.63, 3.8) is 0 Å². The number of nitro groups is 2. The quantitative estimate of drug-likeness (QED) is 0.164. The number of Topliss-reactive ketones (excluding diaryl/α,β-unsaturated/α-hetero) is 1. The summed E-state index contributed by atoms with van der Waals surface area (Å²) >= 11 is 8.53. The number of fused-ring (bicyclic) bond motifs is 3. The van der Waals surface area contributed by atoms with Crippen molar-refractivity contribution in [3.8, 4) is 0 Å². The van der Waals surface area contributed by atoms with E-state index in [1.54, 1.807) is 36.4 Å². The first-order chi connectivity index (χ1) is 17.2. The average molecular weight is 524 g/mol. The molecular weight excluding hydrogens is 502 g/mol. The Kier molecular flexibility index (Phi) is 6.44. The third-order valence-corrected chi connectivity index (χ3v) is 9.14. The third-order valence-electron chi connectivity index (χ3n) is 7.02. The molecule has 1 fully saturated rings. The number of ketones is 1. The lowest BCUT2D eigenvalue weighted by molar-refractivity contribution is -0.387. The van der Waals surface area contributed by atoms with Crippen LogP contribution in [0, 0.1) is 26.1 Å². The van der Waals surface area contributed by atoms with Gasteiger partial charge in [0, 0.05) is 40.6 Å². The zero-order valence-electron chi connectivity index (χ0n) is 19.2. The lowest BCUT2D eigenvalue weighted by Gasteiger charge is -2.38. The maximum atomic E-state index is 12.1. The van der Waals surface area contributed by atoms with Gasteiger partial charge in [0.15, 0.2) is 5.78 Å². The van der Waals surface area contributed by atoms with Gasteiger partial charge in [-0.2, -0.15) is 0 Å². The Balaban J connectivity index is 1.55. The molecule has 0 saturated heterocycles. The van der Waals surface area contributed by atoms with Crippen LogP contribution in [0.15, 0.2) is 71.6 Å². The maximum absolute atomic E-state index is 12.1. The van der Waals surface area contributed by atoms with Gasteiger partial charge in [0.25, 0.3) is 11.4 Å². The van der Waals surface area contributed by atoms with Crippen molar-refractivity contribution in [2.75, 3.05) is 5.32 Å². The summed E-state index contributed by atoms with van der Waals surface area (Å²) in [4.78, 5) is 34.6. The molecule has 1 aliphatic carbocycles.